The summed E-state index contributed by atoms with van der Waals surface area (Å²) in [6.45, 7) is 1.16. The quantitative estimate of drug-likeness (QED) is 0.907. The van der Waals surface area contributed by atoms with E-state index in [4.69, 9.17) is 9.47 Å². The third kappa shape index (κ3) is 1.65. The van der Waals surface area contributed by atoms with Crippen LogP contribution in [0, 0.1) is 11.3 Å². The molecule has 2 aliphatic rings. The Morgan fingerprint density at radius 1 is 1.20 bits per heavy atom. The summed E-state index contributed by atoms with van der Waals surface area (Å²) in [5.41, 5.74) is 1.51. The molecule has 1 saturated carbocycles. The first-order chi connectivity index (χ1) is 9.81. The number of nitriles is 1. The fourth-order valence-electron chi connectivity index (χ4n) is 2.45. The van der Waals surface area contributed by atoms with Crippen molar-refractivity contribution < 1.29 is 9.47 Å². The van der Waals surface area contributed by atoms with Crippen molar-refractivity contribution in [1.29, 1.82) is 5.26 Å². The highest BCUT2D eigenvalue weighted by Crippen LogP contribution is 2.46. The zero-order chi connectivity index (χ0) is 13.6. The minimum absolute atomic E-state index is 0.383. The van der Waals surface area contributed by atoms with E-state index < -0.39 is 0 Å². The lowest BCUT2D eigenvalue weighted by molar-refractivity contribution is 0.171. The predicted octanol–water partition coefficient (Wildman–Crippen LogP) is 2.40. The molecule has 0 amide bonds. The van der Waals surface area contributed by atoms with Crippen molar-refractivity contribution in [2.75, 3.05) is 13.2 Å². The number of fused-ring (bicyclic) bond motifs is 1. The van der Waals surface area contributed by atoms with E-state index >= 15 is 0 Å². The molecule has 0 unspecified atom stereocenters. The van der Waals surface area contributed by atoms with Crippen molar-refractivity contribution >= 4 is 0 Å². The van der Waals surface area contributed by atoms with E-state index in [0.29, 0.717) is 13.2 Å². The molecule has 1 aromatic heterocycles. The lowest BCUT2D eigenvalue weighted by Gasteiger charge is -2.18. The number of nitrogens with one attached hydrogen (secondary N) is 1. The number of H-pyrrole nitrogens is 1. The number of ether oxygens (including phenoxy) is 2. The van der Waals surface area contributed by atoms with Gasteiger partial charge in [0.05, 0.1) is 18.0 Å². The second-order valence-electron chi connectivity index (χ2n) is 5.20. The summed E-state index contributed by atoms with van der Waals surface area (Å²) in [5.74, 6) is 2.30. The zero-order valence-corrected chi connectivity index (χ0v) is 10.8. The van der Waals surface area contributed by atoms with E-state index in [1.807, 2.05) is 18.2 Å². The number of nitrogens with zero attached hydrogens (tertiary/aromatic N) is 2. The summed E-state index contributed by atoms with van der Waals surface area (Å²) in [6.07, 6.45) is 3.55. The molecule has 20 heavy (non-hydrogen) atoms. The Morgan fingerprint density at radius 2 is 2.00 bits per heavy atom. The van der Waals surface area contributed by atoms with Gasteiger partial charge >= 0.3 is 0 Å². The largest absolute Gasteiger partial charge is 0.486 e. The molecule has 0 radical (unpaired) electrons. The SMILES string of the molecule is N#CC1(c2ncc(-c3ccc4c(c3)OCCO4)[nH]2)CC1. The summed E-state index contributed by atoms with van der Waals surface area (Å²) in [6, 6.07) is 8.16. The average Bonchev–Trinajstić information content (AvgIpc) is 3.15. The highest BCUT2D eigenvalue weighted by atomic mass is 16.6. The molecular formula is C15H13N3O2. The second kappa shape index (κ2) is 4.01. The number of aromatic nitrogens is 2. The van der Waals surface area contributed by atoms with Crippen LogP contribution in [0.15, 0.2) is 24.4 Å². The van der Waals surface area contributed by atoms with Crippen LogP contribution in [0.1, 0.15) is 18.7 Å². The molecule has 4 rings (SSSR count). The van der Waals surface area contributed by atoms with Gasteiger partial charge in [0.25, 0.3) is 0 Å². The fraction of sp³-hybridized carbons (Fsp3) is 0.333. The number of hydrogen-bond acceptors (Lipinski definition) is 4. The molecule has 0 saturated heterocycles. The van der Waals surface area contributed by atoms with E-state index in [0.717, 1.165) is 41.4 Å². The third-order valence-corrected chi connectivity index (χ3v) is 3.85. The second-order valence-corrected chi connectivity index (χ2v) is 5.20. The minimum Gasteiger partial charge on any atom is -0.486 e. The Hall–Kier alpha value is -2.48. The van der Waals surface area contributed by atoms with Crippen molar-refractivity contribution in [3.8, 4) is 28.8 Å². The van der Waals surface area contributed by atoms with Crippen molar-refractivity contribution in [3.05, 3.63) is 30.2 Å². The van der Waals surface area contributed by atoms with Crippen molar-refractivity contribution in [3.63, 3.8) is 0 Å². The summed E-state index contributed by atoms with van der Waals surface area (Å²) >= 11 is 0. The number of benzene rings is 1. The molecule has 5 heteroatoms. The maximum Gasteiger partial charge on any atom is 0.162 e. The number of imidazole rings is 1. The van der Waals surface area contributed by atoms with Crippen LogP contribution >= 0.6 is 0 Å². The van der Waals surface area contributed by atoms with Gasteiger partial charge < -0.3 is 14.5 Å². The van der Waals surface area contributed by atoms with Gasteiger partial charge in [-0.25, -0.2) is 4.98 Å². The molecule has 2 heterocycles. The molecular weight excluding hydrogens is 254 g/mol. The standard InChI is InChI=1S/C15H13N3O2/c16-9-15(3-4-15)14-17-8-11(18-14)10-1-2-12-13(7-10)20-6-5-19-12/h1-2,7-8H,3-6H2,(H,17,18). The molecule has 0 bridgehead atoms. The summed E-state index contributed by atoms with van der Waals surface area (Å²) in [4.78, 5) is 7.62. The molecule has 100 valence electrons. The topological polar surface area (TPSA) is 70.9 Å². The van der Waals surface area contributed by atoms with Gasteiger partial charge in [0.15, 0.2) is 11.5 Å². The van der Waals surface area contributed by atoms with Crippen LogP contribution in [0.3, 0.4) is 0 Å². The van der Waals surface area contributed by atoms with E-state index in [1.165, 1.54) is 0 Å². The van der Waals surface area contributed by atoms with E-state index in [2.05, 4.69) is 16.0 Å². The van der Waals surface area contributed by atoms with Crippen LogP contribution in [0.2, 0.25) is 0 Å². The maximum atomic E-state index is 9.20. The van der Waals surface area contributed by atoms with Crippen LogP contribution in [0.5, 0.6) is 11.5 Å². The van der Waals surface area contributed by atoms with Gasteiger partial charge in [0.1, 0.15) is 24.5 Å². The molecule has 0 atom stereocenters. The minimum atomic E-state index is -0.383. The van der Waals surface area contributed by atoms with Gasteiger partial charge in [-0.05, 0) is 31.0 Å². The Balaban J connectivity index is 1.70. The Labute approximate surface area is 116 Å². The van der Waals surface area contributed by atoms with Crippen LogP contribution in [-0.4, -0.2) is 23.2 Å². The highest BCUT2D eigenvalue weighted by molar-refractivity contribution is 5.64. The van der Waals surface area contributed by atoms with Crippen molar-refractivity contribution in [2.24, 2.45) is 0 Å². The lowest BCUT2D eigenvalue weighted by Crippen LogP contribution is -2.15. The maximum absolute atomic E-state index is 9.20. The molecule has 1 aliphatic heterocycles. The van der Waals surface area contributed by atoms with Crippen LogP contribution in [-0.2, 0) is 5.41 Å². The Bertz CT molecular complexity index is 710. The zero-order valence-electron chi connectivity index (χ0n) is 10.8. The molecule has 1 aliphatic carbocycles. The smallest absolute Gasteiger partial charge is 0.162 e. The molecule has 2 aromatic rings. The molecule has 1 fully saturated rings. The molecule has 1 aromatic carbocycles. The monoisotopic (exact) mass is 267 g/mol. The number of rotatable bonds is 2. The fourth-order valence-corrected chi connectivity index (χ4v) is 2.45. The highest BCUT2D eigenvalue weighted by Gasteiger charge is 2.47. The summed E-state index contributed by atoms with van der Waals surface area (Å²) < 4.78 is 11.1. The van der Waals surface area contributed by atoms with Crippen molar-refractivity contribution in [2.45, 2.75) is 18.3 Å². The van der Waals surface area contributed by atoms with Gasteiger partial charge in [-0.1, -0.05) is 0 Å². The van der Waals surface area contributed by atoms with Gasteiger partial charge in [0, 0.05) is 5.56 Å². The van der Waals surface area contributed by atoms with E-state index in [-0.39, 0.29) is 5.41 Å². The predicted molar refractivity (Wildman–Crippen MR) is 71.5 cm³/mol. The van der Waals surface area contributed by atoms with Gasteiger partial charge in [0.2, 0.25) is 0 Å². The first-order valence-corrected chi connectivity index (χ1v) is 6.67. The number of aromatic amines is 1. The summed E-state index contributed by atoms with van der Waals surface area (Å²) in [5, 5.41) is 9.20. The lowest BCUT2D eigenvalue weighted by atomic mass is 10.1. The van der Waals surface area contributed by atoms with Gasteiger partial charge in [-0.15, -0.1) is 0 Å². The first kappa shape index (κ1) is 11.4. The van der Waals surface area contributed by atoms with Crippen LogP contribution in [0.25, 0.3) is 11.3 Å². The molecule has 1 N–H and O–H groups in total. The number of hydrogen-bond donors (Lipinski definition) is 1. The van der Waals surface area contributed by atoms with Gasteiger partial charge in [-0.2, -0.15) is 5.26 Å². The van der Waals surface area contributed by atoms with E-state index in [1.54, 1.807) is 6.20 Å². The van der Waals surface area contributed by atoms with Gasteiger partial charge in [-0.3, -0.25) is 0 Å². The van der Waals surface area contributed by atoms with Crippen molar-refractivity contribution in [1.82, 2.24) is 9.97 Å². The van der Waals surface area contributed by atoms with Crippen LogP contribution in [0.4, 0.5) is 0 Å². The Kier molecular flexibility index (Phi) is 2.27. The first-order valence-electron chi connectivity index (χ1n) is 6.67. The Morgan fingerprint density at radius 3 is 2.75 bits per heavy atom. The van der Waals surface area contributed by atoms with Crippen LogP contribution < -0.4 is 9.47 Å². The normalized spacial score (nSPS) is 18.4. The third-order valence-electron chi connectivity index (χ3n) is 3.85. The van der Waals surface area contributed by atoms with E-state index in [9.17, 15) is 5.26 Å². The molecule has 5 nitrogen and oxygen atoms in total. The summed E-state index contributed by atoms with van der Waals surface area (Å²) in [7, 11) is 0. The average molecular weight is 267 g/mol. The molecule has 0 spiro atoms.